The van der Waals surface area contributed by atoms with Gasteiger partial charge in [-0.1, -0.05) is 0 Å². The average Bonchev–Trinajstić information content (AvgIpc) is 2.44. The van der Waals surface area contributed by atoms with Crippen molar-refractivity contribution in [3.63, 3.8) is 0 Å². The van der Waals surface area contributed by atoms with Gasteiger partial charge in [-0.3, -0.25) is 0 Å². The first-order chi connectivity index (χ1) is 9.30. The summed E-state index contributed by atoms with van der Waals surface area (Å²) in [5.41, 5.74) is 0. The molecular formula is C15H32N2O2. The zero-order chi connectivity index (χ0) is 13.9. The number of nitrogens with zero attached hydrogens (tertiary/aromatic N) is 1. The zero-order valence-electron chi connectivity index (χ0n) is 13.0. The lowest BCUT2D eigenvalue weighted by Crippen LogP contribution is -2.36. The fraction of sp³-hybridized carbons (Fsp3) is 1.00. The van der Waals surface area contributed by atoms with Crippen LogP contribution in [0.4, 0.5) is 0 Å². The van der Waals surface area contributed by atoms with Crippen LogP contribution in [0.15, 0.2) is 0 Å². The van der Waals surface area contributed by atoms with E-state index in [9.17, 15) is 0 Å². The summed E-state index contributed by atoms with van der Waals surface area (Å²) in [5.74, 6) is 0.915. The molecule has 1 aliphatic rings. The summed E-state index contributed by atoms with van der Waals surface area (Å²) in [6, 6.07) is 0. The average molecular weight is 272 g/mol. The standard InChI is InChI=1S/C15H32N2O2/c1-4-18-15(19-5-2)9-13-17-11-7-14(8-12-17)6-10-16-3/h14-16H,4-13H2,1-3H3. The molecule has 1 N–H and O–H groups in total. The Balaban J connectivity index is 2.13. The minimum Gasteiger partial charge on any atom is -0.353 e. The van der Waals surface area contributed by atoms with Crippen molar-refractivity contribution in [2.24, 2.45) is 5.92 Å². The maximum atomic E-state index is 5.59. The van der Waals surface area contributed by atoms with E-state index < -0.39 is 0 Å². The van der Waals surface area contributed by atoms with E-state index in [-0.39, 0.29) is 6.29 Å². The molecule has 4 nitrogen and oxygen atoms in total. The summed E-state index contributed by atoms with van der Waals surface area (Å²) in [4.78, 5) is 2.56. The van der Waals surface area contributed by atoms with Crippen molar-refractivity contribution in [3.8, 4) is 0 Å². The minimum atomic E-state index is -0.0167. The monoisotopic (exact) mass is 272 g/mol. The molecule has 0 atom stereocenters. The van der Waals surface area contributed by atoms with Gasteiger partial charge in [0, 0.05) is 26.2 Å². The van der Waals surface area contributed by atoms with Crippen LogP contribution < -0.4 is 5.32 Å². The maximum absolute atomic E-state index is 5.59. The molecule has 1 heterocycles. The van der Waals surface area contributed by atoms with Crippen LogP contribution in [0, 0.1) is 5.92 Å². The third kappa shape index (κ3) is 7.25. The Labute approximate surface area is 118 Å². The van der Waals surface area contributed by atoms with Gasteiger partial charge >= 0.3 is 0 Å². The first-order valence-electron chi connectivity index (χ1n) is 7.90. The fourth-order valence-electron chi connectivity index (χ4n) is 2.72. The van der Waals surface area contributed by atoms with Crippen LogP contribution >= 0.6 is 0 Å². The largest absolute Gasteiger partial charge is 0.353 e. The van der Waals surface area contributed by atoms with Gasteiger partial charge in [0.1, 0.15) is 0 Å². The molecule has 0 saturated carbocycles. The van der Waals surface area contributed by atoms with Crippen molar-refractivity contribution in [1.82, 2.24) is 10.2 Å². The number of piperidine rings is 1. The Morgan fingerprint density at radius 2 is 1.79 bits per heavy atom. The third-order valence-corrected chi connectivity index (χ3v) is 3.90. The van der Waals surface area contributed by atoms with Crippen LogP contribution in [-0.2, 0) is 9.47 Å². The minimum absolute atomic E-state index is 0.0167. The van der Waals surface area contributed by atoms with Gasteiger partial charge in [0.05, 0.1) is 0 Å². The molecule has 0 bridgehead atoms. The summed E-state index contributed by atoms with van der Waals surface area (Å²) in [6.45, 7) is 10.2. The Bertz CT molecular complexity index is 200. The second-order valence-corrected chi connectivity index (χ2v) is 5.31. The van der Waals surface area contributed by atoms with E-state index in [1.165, 1.54) is 32.4 Å². The quantitative estimate of drug-likeness (QED) is 0.618. The number of hydrogen-bond donors (Lipinski definition) is 1. The number of hydrogen-bond acceptors (Lipinski definition) is 4. The zero-order valence-corrected chi connectivity index (χ0v) is 13.0. The molecule has 1 aliphatic heterocycles. The molecule has 19 heavy (non-hydrogen) atoms. The Kier molecular flexibility index (Phi) is 9.43. The van der Waals surface area contributed by atoms with Crippen LogP contribution in [0.5, 0.6) is 0 Å². The van der Waals surface area contributed by atoms with Gasteiger partial charge in [-0.25, -0.2) is 0 Å². The van der Waals surface area contributed by atoms with Crippen molar-refractivity contribution in [3.05, 3.63) is 0 Å². The molecule has 0 aliphatic carbocycles. The number of likely N-dealkylation sites (tertiary alicyclic amines) is 1. The Hall–Kier alpha value is -0.160. The van der Waals surface area contributed by atoms with E-state index >= 15 is 0 Å². The number of rotatable bonds is 10. The first-order valence-corrected chi connectivity index (χ1v) is 7.90. The second-order valence-electron chi connectivity index (χ2n) is 5.31. The normalized spacial score (nSPS) is 18.3. The summed E-state index contributed by atoms with van der Waals surface area (Å²) in [6.07, 6.45) is 4.98. The van der Waals surface area contributed by atoms with E-state index in [4.69, 9.17) is 9.47 Å². The predicted molar refractivity (Wildman–Crippen MR) is 79.4 cm³/mol. The summed E-state index contributed by atoms with van der Waals surface area (Å²) in [5, 5.41) is 3.25. The molecule has 1 rings (SSSR count). The lowest BCUT2D eigenvalue weighted by molar-refractivity contribution is -0.142. The first kappa shape index (κ1) is 16.9. The SMILES string of the molecule is CCOC(CCN1CCC(CCNC)CC1)OCC. The molecule has 114 valence electrons. The van der Waals surface area contributed by atoms with Crippen molar-refractivity contribution in [2.75, 3.05) is 46.4 Å². The van der Waals surface area contributed by atoms with Crippen LogP contribution in [0.25, 0.3) is 0 Å². The summed E-state index contributed by atoms with van der Waals surface area (Å²) in [7, 11) is 2.04. The topological polar surface area (TPSA) is 33.7 Å². The molecule has 0 amide bonds. The molecular weight excluding hydrogens is 240 g/mol. The van der Waals surface area contributed by atoms with Crippen LogP contribution in [0.1, 0.15) is 39.5 Å². The Morgan fingerprint density at radius 3 is 2.32 bits per heavy atom. The lowest BCUT2D eigenvalue weighted by Gasteiger charge is -2.32. The molecule has 4 heteroatoms. The molecule has 0 aromatic rings. The van der Waals surface area contributed by atoms with Crippen LogP contribution in [0.2, 0.25) is 0 Å². The van der Waals surface area contributed by atoms with Gasteiger partial charge in [-0.15, -0.1) is 0 Å². The van der Waals surface area contributed by atoms with E-state index in [0.29, 0.717) is 0 Å². The van der Waals surface area contributed by atoms with Gasteiger partial charge in [0.25, 0.3) is 0 Å². The molecule has 0 unspecified atom stereocenters. The molecule has 0 aromatic heterocycles. The van der Waals surface area contributed by atoms with Gasteiger partial charge in [-0.05, 0) is 65.7 Å². The highest BCUT2D eigenvalue weighted by Crippen LogP contribution is 2.20. The van der Waals surface area contributed by atoms with Crippen LogP contribution in [-0.4, -0.2) is 57.6 Å². The number of nitrogens with one attached hydrogen (secondary N) is 1. The Morgan fingerprint density at radius 1 is 1.16 bits per heavy atom. The van der Waals surface area contributed by atoms with Crippen molar-refractivity contribution in [2.45, 2.75) is 45.8 Å². The highest BCUT2D eigenvalue weighted by molar-refractivity contribution is 4.73. The van der Waals surface area contributed by atoms with Gasteiger partial charge in [0.2, 0.25) is 0 Å². The van der Waals surface area contributed by atoms with E-state index in [1.54, 1.807) is 0 Å². The van der Waals surface area contributed by atoms with E-state index in [1.807, 2.05) is 20.9 Å². The highest BCUT2D eigenvalue weighted by atomic mass is 16.7. The van der Waals surface area contributed by atoms with Crippen LogP contribution in [0.3, 0.4) is 0 Å². The van der Waals surface area contributed by atoms with Gasteiger partial charge in [0.15, 0.2) is 6.29 Å². The summed E-state index contributed by atoms with van der Waals surface area (Å²) >= 11 is 0. The molecule has 1 fully saturated rings. The molecule has 0 radical (unpaired) electrons. The van der Waals surface area contributed by atoms with Gasteiger partial charge in [-0.2, -0.15) is 0 Å². The molecule has 0 spiro atoms. The number of ether oxygens (including phenoxy) is 2. The fourth-order valence-corrected chi connectivity index (χ4v) is 2.72. The third-order valence-electron chi connectivity index (χ3n) is 3.90. The summed E-state index contributed by atoms with van der Waals surface area (Å²) < 4.78 is 11.2. The molecule has 0 aromatic carbocycles. The van der Waals surface area contributed by atoms with E-state index in [2.05, 4.69) is 10.2 Å². The van der Waals surface area contributed by atoms with Crippen molar-refractivity contribution < 1.29 is 9.47 Å². The predicted octanol–water partition coefficient (Wildman–Crippen LogP) is 2.10. The van der Waals surface area contributed by atoms with Gasteiger partial charge < -0.3 is 19.7 Å². The van der Waals surface area contributed by atoms with E-state index in [0.717, 1.165) is 38.6 Å². The maximum Gasteiger partial charge on any atom is 0.158 e. The second kappa shape index (κ2) is 10.6. The smallest absolute Gasteiger partial charge is 0.158 e. The lowest BCUT2D eigenvalue weighted by atomic mass is 9.93. The highest BCUT2D eigenvalue weighted by Gasteiger charge is 2.19. The van der Waals surface area contributed by atoms with Crippen molar-refractivity contribution >= 4 is 0 Å². The van der Waals surface area contributed by atoms with Crippen molar-refractivity contribution in [1.29, 1.82) is 0 Å². The molecule has 1 saturated heterocycles.